The zero-order valence-electron chi connectivity index (χ0n) is 13.8. The van der Waals surface area contributed by atoms with Crippen LogP contribution in [0.25, 0.3) is 0 Å². The molecule has 2 aromatic rings. The van der Waals surface area contributed by atoms with E-state index >= 15 is 0 Å². The summed E-state index contributed by atoms with van der Waals surface area (Å²) in [5, 5.41) is 10.7. The molecule has 1 aliphatic heterocycles. The number of nitro groups is 1. The molecule has 1 fully saturated rings. The molecule has 0 saturated carbocycles. The Labute approximate surface area is 146 Å². The summed E-state index contributed by atoms with van der Waals surface area (Å²) >= 11 is 0. The maximum Gasteiger partial charge on any atom is 0.269 e. The standard InChI is InChI=1S/C17H19N3O4S/c1-14-2-4-15(5-3-14)18-10-12-19(13-11-18)25(23,24)17-8-6-16(7-9-17)20(21)22/h2-9H,10-13H2,1H3. The van der Waals surface area contributed by atoms with E-state index in [1.807, 2.05) is 31.2 Å². The van der Waals surface area contributed by atoms with Crippen molar-refractivity contribution in [3.63, 3.8) is 0 Å². The van der Waals surface area contributed by atoms with Gasteiger partial charge in [0.25, 0.3) is 5.69 Å². The monoisotopic (exact) mass is 361 g/mol. The average molecular weight is 361 g/mol. The van der Waals surface area contributed by atoms with E-state index in [-0.39, 0.29) is 10.6 Å². The lowest BCUT2D eigenvalue weighted by molar-refractivity contribution is -0.384. The van der Waals surface area contributed by atoms with Gasteiger partial charge in [0.2, 0.25) is 10.0 Å². The fraction of sp³-hybridized carbons (Fsp3) is 0.294. The molecule has 7 nitrogen and oxygen atoms in total. The van der Waals surface area contributed by atoms with E-state index in [9.17, 15) is 18.5 Å². The second kappa shape index (κ2) is 6.81. The van der Waals surface area contributed by atoms with Crippen LogP contribution >= 0.6 is 0 Å². The Bertz CT molecular complexity index is 856. The first-order valence-corrected chi connectivity index (χ1v) is 9.38. The third-order valence-electron chi connectivity index (χ3n) is 4.32. The molecule has 132 valence electrons. The molecule has 0 atom stereocenters. The largest absolute Gasteiger partial charge is 0.369 e. The van der Waals surface area contributed by atoms with E-state index in [1.165, 1.54) is 34.1 Å². The average Bonchev–Trinajstić information content (AvgIpc) is 2.62. The zero-order valence-corrected chi connectivity index (χ0v) is 14.6. The van der Waals surface area contributed by atoms with Crippen molar-refractivity contribution in [3.8, 4) is 0 Å². The van der Waals surface area contributed by atoms with Crippen molar-refractivity contribution < 1.29 is 13.3 Å². The summed E-state index contributed by atoms with van der Waals surface area (Å²) in [6, 6.07) is 13.2. The molecule has 25 heavy (non-hydrogen) atoms. The van der Waals surface area contributed by atoms with Gasteiger partial charge in [0, 0.05) is 44.0 Å². The highest BCUT2D eigenvalue weighted by Crippen LogP contribution is 2.23. The number of anilines is 1. The molecule has 0 aliphatic carbocycles. The number of hydrogen-bond donors (Lipinski definition) is 0. The van der Waals surface area contributed by atoms with E-state index in [0.717, 1.165) is 5.69 Å². The first-order chi connectivity index (χ1) is 11.9. The zero-order chi connectivity index (χ0) is 18.0. The highest BCUT2D eigenvalue weighted by Gasteiger charge is 2.28. The van der Waals surface area contributed by atoms with Gasteiger partial charge >= 0.3 is 0 Å². The van der Waals surface area contributed by atoms with Crippen LogP contribution < -0.4 is 4.90 Å². The predicted molar refractivity (Wildman–Crippen MR) is 95.2 cm³/mol. The van der Waals surface area contributed by atoms with Gasteiger partial charge < -0.3 is 4.90 Å². The van der Waals surface area contributed by atoms with Gasteiger partial charge in [0.05, 0.1) is 9.82 Å². The molecule has 2 aromatic carbocycles. The Morgan fingerprint density at radius 2 is 1.48 bits per heavy atom. The Morgan fingerprint density at radius 1 is 0.920 bits per heavy atom. The number of non-ortho nitro benzene ring substituents is 1. The SMILES string of the molecule is Cc1ccc(N2CCN(S(=O)(=O)c3ccc([N+](=O)[O-])cc3)CC2)cc1. The van der Waals surface area contributed by atoms with Crippen LogP contribution in [-0.4, -0.2) is 43.8 Å². The number of piperazine rings is 1. The third kappa shape index (κ3) is 3.64. The Hall–Kier alpha value is -2.45. The normalized spacial score (nSPS) is 16.0. The lowest BCUT2D eigenvalue weighted by Crippen LogP contribution is -2.48. The fourth-order valence-electron chi connectivity index (χ4n) is 2.83. The van der Waals surface area contributed by atoms with Crippen LogP contribution in [0, 0.1) is 17.0 Å². The van der Waals surface area contributed by atoms with Crippen LogP contribution in [0.15, 0.2) is 53.4 Å². The van der Waals surface area contributed by atoms with Gasteiger partial charge in [-0.25, -0.2) is 8.42 Å². The molecular weight excluding hydrogens is 342 g/mol. The van der Waals surface area contributed by atoms with Gasteiger partial charge in [-0.15, -0.1) is 0 Å². The number of hydrogen-bond acceptors (Lipinski definition) is 5. The van der Waals surface area contributed by atoms with Crippen molar-refractivity contribution in [2.75, 3.05) is 31.1 Å². The van der Waals surface area contributed by atoms with E-state index < -0.39 is 14.9 Å². The van der Waals surface area contributed by atoms with Gasteiger partial charge in [0.15, 0.2) is 0 Å². The van der Waals surface area contributed by atoms with Crippen molar-refractivity contribution in [2.24, 2.45) is 0 Å². The quantitative estimate of drug-likeness (QED) is 0.617. The van der Waals surface area contributed by atoms with E-state index in [2.05, 4.69) is 4.90 Å². The fourth-order valence-corrected chi connectivity index (χ4v) is 4.25. The summed E-state index contributed by atoms with van der Waals surface area (Å²) < 4.78 is 26.8. The molecular formula is C17H19N3O4S. The minimum Gasteiger partial charge on any atom is -0.369 e. The molecule has 1 heterocycles. The van der Waals surface area contributed by atoms with Crippen molar-refractivity contribution >= 4 is 21.4 Å². The maximum atomic E-state index is 12.7. The lowest BCUT2D eigenvalue weighted by atomic mass is 10.2. The molecule has 3 rings (SSSR count). The summed E-state index contributed by atoms with van der Waals surface area (Å²) in [6.45, 7) is 4.00. The molecule has 0 aromatic heterocycles. The number of benzene rings is 2. The summed E-state index contributed by atoms with van der Waals surface area (Å²) in [7, 11) is -3.63. The molecule has 0 N–H and O–H groups in total. The number of nitro benzene ring substituents is 1. The van der Waals surface area contributed by atoms with E-state index in [0.29, 0.717) is 26.2 Å². The van der Waals surface area contributed by atoms with Crippen LogP contribution in [0.4, 0.5) is 11.4 Å². The van der Waals surface area contributed by atoms with Crippen molar-refractivity contribution in [3.05, 3.63) is 64.2 Å². The summed E-state index contributed by atoms with van der Waals surface area (Å²) in [5.74, 6) is 0. The summed E-state index contributed by atoms with van der Waals surface area (Å²) in [4.78, 5) is 12.4. The molecule has 0 amide bonds. The number of rotatable bonds is 4. The number of sulfonamides is 1. The first kappa shape index (κ1) is 17.4. The van der Waals surface area contributed by atoms with Crippen LogP contribution in [0.1, 0.15) is 5.56 Å². The molecule has 0 radical (unpaired) electrons. The molecule has 1 saturated heterocycles. The van der Waals surface area contributed by atoms with Crippen LogP contribution in [0.2, 0.25) is 0 Å². The Kier molecular flexibility index (Phi) is 4.73. The highest BCUT2D eigenvalue weighted by molar-refractivity contribution is 7.89. The lowest BCUT2D eigenvalue weighted by Gasteiger charge is -2.35. The van der Waals surface area contributed by atoms with Crippen LogP contribution in [0.3, 0.4) is 0 Å². The first-order valence-electron chi connectivity index (χ1n) is 7.94. The second-order valence-electron chi connectivity index (χ2n) is 5.98. The van der Waals surface area contributed by atoms with Crippen molar-refractivity contribution in [1.82, 2.24) is 4.31 Å². The van der Waals surface area contributed by atoms with Gasteiger partial charge in [-0.3, -0.25) is 10.1 Å². The summed E-state index contributed by atoms with van der Waals surface area (Å²) in [6.07, 6.45) is 0. The second-order valence-corrected chi connectivity index (χ2v) is 7.92. The highest BCUT2D eigenvalue weighted by atomic mass is 32.2. The van der Waals surface area contributed by atoms with Crippen LogP contribution in [0.5, 0.6) is 0 Å². The van der Waals surface area contributed by atoms with Crippen LogP contribution in [-0.2, 0) is 10.0 Å². The minimum atomic E-state index is -3.63. The molecule has 8 heteroatoms. The minimum absolute atomic E-state index is 0.0851. The third-order valence-corrected chi connectivity index (χ3v) is 6.24. The Balaban J connectivity index is 1.70. The van der Waals surface area contributed by atoms with Gasteiger partial charge in [-0.05, 0) is 31.2 Å². The molecule has 1 aliphatic rings. The van der Waals surface area contributed by atoms with Gasteiger partial charge in [-0.2, -0.15) is 4.31 Å². The predicted octanol–water partition coefficient (Wildman–Crippen LogP) is 2.41. The smallest absolute Gasteiger partial charge is 0.269 e. The summed E-state index contributed by atoms with van der Waals surface area (Å²) in [5.41, 5.74) is 2.14. The van der Waals surface area contributed by atoms with Gasteiger partial charge in [0.1, 0.15) is 0 Å². The molecule has 0 spiro atoms. The van der Waals surface area contributed by atoms with E-state index in [4.69, 9.17) is 0 Å². The topological polar surface area (TPSA) is 83.8 Å². The number of aryl methyl sites for hydroxylation is 1. The van der Waals surface area contributed by atoms with Crippen molar-refractivity contribution in [2.45, 2.75) is 11.8 Å². The molecule has 0 unspecified atom stereocenters. The maximum absolute atomic E-state index is 12.7. The van der Waals surface area contributed by atoms with Crippen molar-refractivity contribution in [1.29, 1.82) is 0 Å². The number of nitrogens with zero attached hydrogens (tertiary/aromatic N) is 3. The van der Waals surface area contributed by atoms with E-state index in [1.54, 1.807) is 0 Å². The van der Waals surface area contributed by atoms with Gasteiger partial charge in [-0.1, -0.05) is 17.7 Å². The Morgan fingerprint density at radius 3 is 2.00 bits per heavy atom. The molecule has 0 bridgehead atoms.